The molecule has 0 aromatic carbocycles. The van der Waals surface area contributed by atoms with Crippen LogP contribution < -0.4 is 11.1 Å². The van der Waals surface area contributed by atoms with Gasteiger partial charge >= 0.3 is 5.97 Å². The molecule has 1 amide bonds. The molecule has 0 spiro atoms. The van der Waals surface area contributed by atoms with Crippen molar-refractivity contribution >= 4 is 11.9 Å². The van der Waals surface area contributed by atoms with Gasteiger partial charge in [-0.1, -0.05) is 12.8 Å². The normalized spacial score (nSPS) is 29.3. The molecule has 2 aliphatic rings. The van der Waals surface area contributed by atoms with Crippen LogP contribution in [0.25, 0.3) is 0 Å². The van der Waals surface area contributed by atoms with Gasteiger partial charge in [-0.15, -0.1) is 0 Å². The lowest BCUT2D eigenvalue weighted by molar-refractivity contribution is -0.149. The molecule has 108 valence electrons. The number of carboxylic acid groups (broad SMARTS) is 1. The van der Waals surface area contributed by atoms with E-state index in [-0.39, 0.29) is 18.6 Å². The number of carboxylic acids is 1. The van der Waals surface area contributed by atoms with Crippen molar-refractivity contribution in [3.63, 3.8) is 0 Å². The van der Waals surface area contributed by atoms with Gasteiger partial charge in [-0.2, -0.15) is 0 Å². The van der Waals surface area contributed by atoms with Crippen LogP contribution >= 0.6 is 0 Å². The third kappa shape index (κ3) is 3.06. The lowest BCUT2D eigenvalue weighted by Crippen LogP contribution is -2.44. The summed E-state index contributed by atoms with van der Waals surface area (Å²) in [4.78, 5) is 23.3. The van der Waals surface area contributed by atoms with E-state index in [1.807, 2.05) is 0 Å². The van der Waals surface area contributed by atoms with E-state index in [2.05, 4.69) is 5.32 Å². The number of hydrogen-bond acceptors (Lipinski definition) is 4. The lowest BCUT2D eigenvalue weighted by atomic mass is 9.86. The maximum atomic E-state index is 12.0. The number of rotatable bonds is 5. The molecule has 6 nitrogen and oxygen atoms in total. The van der Waals surface area contributed by atoms with Gasteiger partial charge in [0.1, 0.15) is 6.10 Å². The van der Waals surface area contributed by atoms with E-state index in [0.717, 1.165) is 19.3 Å². The summed E-state index contributed by atoms with van der Waals surface area (Å²) < 4.78 is 5.50. The summed E-state index contributed by atoms with van der Waals surface area (Å²) >= 11 is 0. The van der Waals surface area contributed by atoms with Crippen molar-refractivity contribution in [2.45, 2.75) is 50.7 Å². The minimum Gasteiger partial charge on any atom is -0.481 e. The molecule has 2 fully saturated rings. The Morgan fingerprint density at radius 1 is 1.32 bits per heavy atom. The van der Waals surface area contributed by atoms with Gasteiger partial charge < -0.3 is 20.9 Å². The summed E-state index contributed by atoms with van der Waals surface area (Å²) in [5.41, 5.74) is 4.72. The van der Waals surface area contributed by atoms with Crippen LogP contribution in [0, 0.1) is 5.41 Å². The molecule has 2 unspecified atom stereocenters. The smallest absolute Gasteiger partial charge is 0.311 e. The van der Waals surface area contributed by atoms with E-state index in [0.29, 0.717) is 25.8 Å². The van der Waals surface area contributed by atoms with Crippen molar-refractivity contribution in [3.8, 4) is 0 Å². The molecule has 1 saturated carbocycles. The fourth-order valence-corrected chi connectivity index (χ4v) is 2.96. The Morgan fingerprint density at radius 3 is 2.53 bits per heavy atom. The third-order valence-electron chi connectivity index (χ3n) is 4.28. The third-order valence-corrected chi connectivity index (χ3v) is 4.28. The maximum Gasteiger partial charge on any atom is 0.311 e. The quantitative estimate of drug-likeness (QED) is 0.665. The number of carbonyl (C=O) groups excluding carboxylic acids is 1. The molecule has 1 saturated heterocycles. The minimum atomic E-state index is -0.808. The van der Waals surface area contributed by atoms with Gasteiger partial charge in [0.05, 0.1) is 11.5 Å². The highest BCUT2D eigenvalue weighted by atomic mass is 16.5. The summed E-state index contributed by atoms with van der Waals surface area (Å²) in [6, 6.07) is 0. The van der Waals surface area contributed by atoms with Crippen LogP contribution in [0.5, 0.6) is 0 Å². The lowest BCUT2D eigenvalue weighted by Gasteiger charge is -2.24. The predicted molar refractivity (Wildman–Crippen MR) is 68.5 cm³/mol. The van der Waals surface area contributed by atoms with E-state index < -0.39 is 17.5 Å². The Bertz CT molecular complexity index is 353. The van der Waals surface area contributed by atoms with Crippen LogP contribution in [-0.2, 0) is 14.3 Å². The Labute approximate surface area is 112 Å². The highest BCUT2D eigenvalue weighted by molar-refractivity contribution is 5.82. The zero-order chi connectivity index (χ0) is 13.9. The number of hydrogen-bond donors (Lipinski definition) is 3. The van der Waals surface area contributed by atoms with Crippen molar-refractivity contribution in [3.05, 3.63) is 0 Å². The fraction of sp³-hybridized carbons (Fsp3) is 0.846. The Kier molecular flexibility index (Phi) is 4.42. The van der Waals surface area contributed by atoms with Crippen molar-refractivity contribution in [2.24, 2.45) is 11.1 Å². The van der Waals surface area contributed by atoms with Gasteiger partial charge in [-0.05, 0) is 25.7 Å². The van der Waals surface area contributed by atoms with Crippen molar-refractivity contribution in [2.75, 3.05) is 13.1 Å². The van der Waals surface area contributed by atoms with Crippen LogP contribution in [0.3, 0.4) is 0 Å². The SMILES string of the molecule is NCC1CCC(C(=O)NCC2(C(=O)O)CCCC2)O1. The molecule has 1 aliphatic carbocycles. The van der Waals surface area contributed by atoms with Crippen LogP contribution in [0.2, 0.25) is 0 Å². The van der Waals surface area contributed by atoms with E-state index in [9.17, 15) is 14.7 Å². The van der Waals surface area contributed by atoms with E-state index >= 15 is 0 Å². The van der Waals surface area contributed by atoms with Gasteiger partial charge in [0.2, 0.25) is 5.91 Å². The molecular weight excluding hydrogens is 248 g/mol. The minimum absolute atomic E-state index is 0.0457. The van der Waals surface area contributed by atoms with Crippen molar-refractivity contribution in [1.29, 1.82) is 0 Å². The zero-order valence-corrected chi connectivity index (χ0v) is 11.1. The van der Waals surface area contributed by atoms with Crippen molar-refractivity contribution < 1.29 is 19.4 Å². The topological polar surface area (TPSA) is 102 Å². The second kappa shape index (κ2) is 5.88. The molecule has 4 N–H and O–H groups in total. The number of nitrogens with one attached hydrogen (secondary N) is 1. The second-order valence-electron chi connectivity index (χ2n) is 5.57. The van der Waals surface area contributed by atoms with Crippen LogP contribution in [0.1, 0.15) is 38.5 Å². The molecule has 6 heteroatoms. The van der Waals surface area contributed by atoms with E-state index in [4.69, 9.17) is 10.5 Å². The highest BCUT2D eigenvalue weighted by Crippen LogP contribution is 2.37. The summed E-state index contributed by atoms with van der Waals surface area (Å²) in [5, 5.41) is 12.1. The largest absolute Gasteiger partial charge is 0.481 e. The maximum absolute atomic E-state index is 12.0. The first-order chi connectivity index (χ1) is 9.07. The molecule has 2 atom stereocenters. The first-order valence-corrected chi connectivity index (χ1v) is 6.94. The van der Waals surface area contributed by atoms with Gasteiger partial charge in [0.25, 0.3) is 0 Å². The molecule has 1 heterocycles. The molecule has 0 aromatic rings. The van der Waals surface area contributed by atoms with Crippen LogP contribution in [0.4, 0.5) is 0 Å². The van der Waals surface area contributed by atoms with E-state index in [1.54, 1.807) is 0 Å². The summed E-state index contributed by atoms with van der Waals surface area (Å²) in [6.45, 7) is 0.622. The predicted octanol–water partition coefficient (Wildman–Crippen LogP) is 0.254. The Morgan fingerprint density at radius 2 is 2.00 bits per heavy atom. The molecule has 1 aliphatic heterocycles. The summed E-state index contributed by atoms with van der Waals surface area (Å²) in [6.07, 6.45) is 4.04. The molecule has 19 heavy (non-hydrogen) atoms. The Balaban J connectivity index is 1.84. The van der Waals surface area contributed by atoms with E-state index in [1.165, 1.54) is 0 Å². The molecule has 0 radical (unpaired) electrons. The highest BCUT2D eigenvalue weighted by Gasteiger charge is 2.42. The first kappa shape index (κ1) is 14.3. The monoisotopic (exact) mass is 270 g/mol. The van der Waals surface area contributed by atoms with Gasteiger partial charge in [0, 0.05) is 13.1 Å². The molecular formula is C13H22N2O4. The average Bonchev–Trinajstić information content (AvgIpc) is 3.05. The fourth-order valence-electron chi connectivity index (χ4n) is 2.96. The molecule has 0 aromatic heterocycles. The number of aliphatic carboxylic acids is 1. The van der Waals surface area contributed by atoms with Crippen LogP contribution in [0.15, 0.2) is 0 Å². The molecule has 0 bridgehead atoms. The zero-order valence-electron chi connectivity index (χ0n) is 11.1. The van der Waals surface area contributed by atoms with Crippen LogP contribution in [-0.4, -0.2) is 42.3 Å². The number of amides is 1. The average molecular weight is 270 g/mol. The van der Waals surface area contributed by atoms with Gasteiger partial charge in [0.15, 0.2) is 0 Å². The second-order valence-corrected chi connectivity index (χ2v) is 5.57. The standard InChI is InChI=1S/C13H22N2O4/c14-7-9-3-4-10(19-9)11(16)15-8-13(12(17)18)5-1-2-6-13/h9-10H,1-8,14H2,(H,15,16)(H,17,18). The summed E-state index contributed by atoms with van der Waals surface area (Å²) in [7, 11) is 0. The molecule has 2 rings (SSSR count). The number of carbonyl (C=O) groups is 2. The van der Waals surface area contributed by atoms with Gasteiger partial charge in [-0.3, -0.25) is 9.59 Å². The van der Waals surface area contributed by atoms with Gasteiger partial charge in [-0.25, -0.2) is 0 Å². The Hall–Kier alpha value is -1.14. The number of ether oxygens (including phenoxy) is 1. The first-order valence-electron chi connectivity index (χ1n) is 6.94. The number of nitrogens with two attached hydrogens (primary N) is 1. The van der Waals surface area contributed by atoms with Crippen molar-refractivity contribution in [1.82, 2.24) is 5.32 Å². The summed E-state index contributed by atoms with van der Waals surface area (Å²) in [5.74, 6) is -1.01.